The average Bonchev–Trinajstić information content (AvgIpc) is 2.80. The summed E-state index contributed by atoms with van der Waals surface area (Å²) in [5.74, 6) is 0.890. The molecule has 1 N–H and O–H groups in total. The molecule has 2 saturated heterocycles. The fourth-order valence-electron chi connectivity index (χ4n) is 2.73. The van der Waals surface area contributed by atoms with Gasteiger partial charge < -0.3 is 10.1 Å². The van der Waals surface area contributed by atoms with E-state index in [-0.39, 0.29) is 0 Å². The van der Waals surface area contributed by atoms with Crippen molar-refractivity contribution in [3.8, 4) is 0 Å². The van der Waals surface area contributed by atoms with Crippen LogP contribution < -0.4 is 5.32 Å². The molecule has 2 aliphatic rings. The lowest BCUT2D eigenvalue weighted by molar-refractivity contribution is 0.109. The Hall–Kier alpha value is -0.120. The highest BCUT2D eigenvalue weighted by atomic mass is 16.5. The molecule has 2 heterocycles. The molecule has 94 valence electrons. The molecular weight excluding hydrogens is 200 g/mol. The molecule has 1 atom stereocenters. The first-order valence-corrected chi connectivity index (χ1v) is 6.81. The van der Waals surface area contributed by atoms with Crippen LogP contribution in [0.25, 0.3) is 0 Å². The van der Waals surface area contributed by atoms with E-state index >= 15 is 0 Å². The summed E-state index contributed by atoms with van der Waals surface area (Å²) in [6.45, 7) is 10.1. The monoisotopic (exact) mass is 226 g/mol. The summed E-state index contributed by atoms with van der Waals surface area (Å²) in [7, 11) is 0. The molecular formula is C13H26N2O. The van der Waals surface area contributed by atoms with Crippen molar-refractivity contribution in [3.63, 3.8) is 0 Å². The first-order valence-electron chi connectivity index (χ1n) is 6.81. The minimum Gasteiger partial charge on any atom is -0.380 e. The van der Waals surface area contributed by atoms with Gasteiger partial charge in [0.2, 0.25) is 0 Å². The number of piperidine rings is 1. The van der Waals surface area contributed by atoms with Gasteiger partial charge in [0.25, 0.3) is 0 Å². The summed E-state index contributed by atoms with van der Waals surface area (Å²) in [5.41, 5.74) is 0. The number of likely N-dealkylation sites (tertiary alicyclic amines) is 1. The first kappa shape index (κ1) is 12.3. The predicted molar refractivity (Wildman–Crippen MR) is 66.7 cm³/mol. The van der Waals surface area contributed by atoms with Crippen molar-refractivity contribution in [3.05, 3.63) is 0 Å². The van der Waals surface area contributed by atoms with E-state index in [9.17, 15) is 0 Å². The smallest absolute Gasteiger partial charge is 0.0622 e. The molecule has 0 radical (unpaired) electrons. The number of rotatable bonds is 4. The van der Waals surface area contributed by atoms with E-state index in [1.807, 2.05) is 0 Å². The number of nitrogens with one attached hydrogen (secondary N) is 1. The van der Waals surface area contributed by atoms with E-state index < -0.39 is 0 Å². The van der Waals surface area contributed by atoms with Crippen LogP contribution in [-0.2, 0) is 4.74 Å². The Morgan fingerprint density at radius 3 is 2.56 bits per heavy atom. The second-order valence-electron chi connectivity index (χ2n) is 5.56. The second-order valence-corrected chi connectivity index (χ2v) is 5.56. The lowest BCUT2D eigenvalue weighted by Crippen LogP contribution is -2.43. The van der Waals surface area contributed by atoms with E-state index in [1.54, 1.807) is 0 Å². The standard InChI is InChI=1S/C13H26N2O/c1-11(2)14-9-12-3-6-15(7-4-12)13-5-8-16-10-13/h11-14H,3-10H2,1-2H3. The molecule has 3 nitrogen and oxygen atoms in total. The van der Waals surface area contributed by atoms with Crippen LogP contribution in [-0.4, -0.2) is 49.8 Å². The fraction of sp³-hybridized carbons (Fsp3) is 1.00. The van der Waals surface area contributed by atoms with Crippen LogP contribution in [0.3, 0.4) is 0 Å². The van der Waals surface area contributed by atoms with Crippen LogP contribution in [0.1, 0.15) is 33.1 Å². The zero-order valence-electron chi connectivity index (χ0n) is 10.7. The van der Waals surface area contributed by atoms with Crippen LogP contribution in [0.5, 0.6) is 0 Å². The number of hydrogen-bond donors (Lipinski definition) is 1. The summed E-state index contributed by atoms with van der Waals surface area (Å²) in [5, 5.41) is 3.56. The minimum atomic E-state index is 0.626. The van der Waals surface area contributed by atoms with Crippen molar-refractivity contribution < 1.29 is 4.74 Å². The molecule has 0 aromatic rings. The van der Waals surface area contributed by atoms with Crippen LogP contribution >= 0.6 is 0 Å². The van der Waals surface area contributed by atoms with Gasteiger partial charge in [0.1, 0.15) is 0 Å². The quantitative estimate of drug-likeness (QED) is 0.786. The lowest BCUT2D eigenvalue weighted by Gasteiger charge is -2.35. The highest BCUT2D eigenvalue weighted by molar-refractivity contribution is 4.81. The van der Waals surface area contributed by atoms with Gasteiger partial charge in [-0.2, -0.15) is 0 Å². The van der Waals surface area contributed by atoms with Crippen LogP contribution in [0.15, 0.2) is 0 Å². The second kappa shape index (κ2) is 5.99. The Labute approximate surface area is 99.5 Å². The number of hydrogen-bond acceptors (Lipinski definition) is 3. The zero-order chi connectivity index (χ0) is 11.4. The predicted octanol–water partition coefficient (Wildman–Crippen LogP) is 1.49. The molecule has 0 aromatic heterocycles. The molecule has 2 aliphatic heterocycles. The van der Waals surface area contributed by atoms with Gasteiger partial charge in [-0.25, -0.2) is 0 Å². The highest BCUT2D eigenvalue weighted by Gasteiger charge is 2.27. The van der Waals surface area contributed by atoms with E-state index in [2.05, 4.69) is 24.1 Å². The normalized spacial score (nSPS) is 29.1. The van der Waals surface area contributed by atoms with Crippen LogP contribution in [0.2, 0.25) is 0 Å². The molecule has 16 heavy (non-hydrogen) atoms. The molecule has 0 bridgehead atoms. The average molecular weight is 226 g/mol. The van der Waals surface area contributed by atoms with Crippen molar-refractivity contribution in [2.24, 2.45) is 5.92 Å². The Kier molecular flexibility index (Phi) is 4.62. The Morgan fingerprint density at radius 2 is 2.00 bits per heavy atom. The van der Waals surface area contributed by atoms with Crippen molar-refractivity contribution in [1.29, 1.82) is 0 Å². The number of ether oxygens (including phenoxy) is 1. The SMILES string of the molecule is CC(C)NCC1CCN(C2CCOC2)CC1. The molecule has 0 aliphatic carbocycles. The molecule has 3 heteroatoms. The van der Waals surface area contributed by atoms with Gasteiger partial charge in [-0.15, -0.1) is 0 Å². The molecule has 0 saturated carbocycles. The Bertz CT molecular complexity index is 194. The number of nitrogens with zero attached hydrogens (tertiary/aromatic N) is 1. The van der Waals surface area contributed by atoms with Gasteiger partial charge in [0, 0.05) is 18.7 Å². The first-order chi connectivity index (χ1) is 7.75. The van der Waals surface area contributed by atoms with Gasteiger partial charge in [-0.3, -0.25) is 4.90 Å². The van der Waals surface area contributed by atoms with Crippen LogP contribution in [0, 0.1) is 5.92 Å². The van der Waals surface area contributed by atoms with Gasteiger partial charge in [0.05, 0.1) is 6.61 Å². The molecule has 0 spiro atoms. The third kappa shape index (κ3) is 3.44. The fourth-order valence-corrected chi connectivity index (χ4v) is 2.73. The van der Waals surface area contributed by atoms with Gasteiger partial charge in [-0.05, 0) is 44.8 Å². The Morgan fingerprint density at radius 1 is 1.25 bits per heavy atom. The molecule has 1 unspecified atom stereocenters. The molecule has 0 amide bonds. The summed E-state index contributed by atoms with van der Waals surface area (Å²) in [4.78, 5) is 2.64. The summed E-state index contributed by atoms with van der Waals surface area (Å²) in [6, 6.07) is 1.35. The summed E-state index contributed by atoms with van der Waals surface area (Å²) < 4.78 is 5.46. The van der Waals surface area contributed by atoms with Crippen molar-refractivity contribution in [2.75, 3.05) is 32.8 Å². The maximum absolute atomic E-state index is 5.46. The largest absolute Gasteiger partial charge is 0.380 e. The maximum atomic E-state index is 5.46. The molecule has 0 aromatic carbocycles. The summed E-state index contributed by atoms with van der Waals surface area (Å²) >= 11 is 0. The highest BCUT2D eigenvalue weighted by Crippen LogP contribution is 2.21. The van der Waals surface area contributed by atoms with E-state index in [1.165, 1.54) is 38.9 Å². The maximum Gasteiger partial charge on any atom is 0.0622 e. The van der Waals surface area contributed by atoms with Crippen LogP contribution in [0.4, 0.5) is 0 Å². The topological polar surface area (TPSA) is 24.5 Å². The van der Waals surface area contributed by atoms with Gasteiger partial charge in [-0.1, -0.05) is 13.8 Å². The van der Waals surface area contributed by atoms with Gasteiger partial charge >= 0.3 is 0 Å². The van der Waals surface area contributed by atoms with E-state index in [0.717, 1.165) is 25.2 Å². The third-order valence-electron chi connectivity index (χ3n) is 3.89. The molecule has 2 fully saturated rings. The molecule has 2 rings (SSSR count). The van der Waals surface area contributed by atoms with Crippen molar-refractivity contribution >= 4 is 0 Å². The third-order valence-corrected chi connectivity index (χ3v) is 3.89. The van der Waals surface area contributed by atoms with Crippen molar-refractivity contribution in [2.45, 2.75) is 45.2 Å². The van der Waals surface area contributed by atoms with E-state index in [0.29, 0.717) is 6.04 Å². The van der Waals surface area contributed by atoms with E-state index in [4.69, 9.17) is 4.74 Å². The minimum absolute atomic E-state index is 0.626. The van der Waals surface area contributed by atoms with Gasteiger partial charge in [0.15, 0.2) is 0 Å². The summed E-state index contributed by atoms with van der Waals surface area (Å²) in [6.07, 6.45) is 3.96. The van der Waals surface area contributed by atoms with Crippen molar-refractivity contribution in [1.82, 2.24) is 10.2 Å². The lowest BCUT2D eigenvalue weighted by atomic mass is 9.95. The Balaban J connectivity index is 1.65. The zero-order valence-corrected chi connectivity index (χ0v) is 10.7.